The van der Waals surface area contributed by atoms with Gasteiger partial charge in [-0.15, -0.1) is 0 Å². The number of aromatic nitrogens is 3. The monoisotopic (exact) mass is 254 g/mol. The van der Waals surface area contributed by atoms with E-state index in [4.69, 9.17) is 5.73 Å². The summed E-state index contributed by atoms with van der Waals surface area (Å²) in [7, 11) is 0. The van der Waals surface area contributed by atoms with Gasteiger partial charge in [-0.05, 0) is 18.6 Å². The molecule has 0 aliphatic rings. The van der Waals surface area contributed by atoms with Gasteiger partial charge in [-0.3, -0.25) is 4.98 Å². The minimum Gasteiger partial charge on any atom is -0.396 e. The number of hydrogen-bond acceptors (Lipinski definition) is 4. The van der Waals surface area contributed by atoms with Crippen LogP contribution in [0.4, 0.5) is 18.9 Å². The molecule has 0 saturated heterocycles. The van der Waals surface area contributed by atoms with Crippen LogP contribution in [0.5, 0.6) is 0 Å². The molecule has 94 valence electrons. The Morgan fingerprint density at radius 1 is 1.17 bits per heavy atom. The van der Waals surface area contributed by atoms with Crippen LogP contribution in [0.25, 0.3) is 11.4 Å². The zero-order valence-corrected chi connectivity index (χ0v) is 9.36. The van der Waals surface area contributed by atoms with E-state index < -0.39 is 17.6 Å². The topological polar surface area (TPSA) is 64.7 Å². The van der Waals surface area contributed by atoms with Crippen molar-refractivity contribution >= 4 is 5.69 Å². The molecule has 0 unspecified atom stereocenters. The average molecular weight is 254 g/mol. The smallest absolute Gasteiger partial charge is 0.396 e. The van der Waals surface area contributed by atoms with Crippen molar-refractivity contribution in [1.82, 2.24) is 15.0 Å². The van der Waals surface area contributed by atoms with Crippen molar-refractivity contribution in [3.8, 4) is 11.4 Å². The predicted octanol–water partition coefficient (Wildman–Crippen LogP) is 2.45. The van der Waals surface area contributed by atoms with Crippen LogP contribution in [-0.4, -0.2) is 15.0 Å². The molecule has 0 radical (unpaired) electrons. The summed E-state index contributed by atoms with van der Waals surface area (Å²) in [6.45, 7) is 1.78. The number of aryl methyl sites for hydroxylation is 1. The summed E-state index contributed by atoms with van der Waals surface area (Å²) >= 11 is 0. The fourth-order valence-electron chi connectivity index (χ4n) is 1.43. The molecule has 2 rings (SSSR count). The second-order valence-corrected chi connectivity index (χ2v) is 3.75. The summed E-state index contributed by atoms with van der Waals surface area (Å²) in [4.78, 5) is 11.1. The van der Waals surface area contributed by atoms with E-state index in [1.54, 1.807) is 19.2 Å². The largest absolute Gasteiger partial charge is 0.435 e. The highest BCUT2D eigenvalue weighted by Crippen LogP contribution is 2.32. The van der Waals surface area contributed by atoms with Crippen molar-refractivity contribution in [2.45, 2.75) is 13.1 Å². The fourth-order valence-corrected chi connectivity index (χ4v) is 1.43. The lowest BCUT2D eigenvalue weighted by molar-refractivity contribution is -0.140. The van der Waals surface area contributed by atoms with E-state index >= 15 is 0 Å². The molecule has 0 atom stereocenters. The lowest BCUT2D eigenvalue weighted by Gasteiger charge is -2.09. The number of pyridine rings is 1. The molecule has 0 aromatic carbocycles. The normalized spacial score (nSPS) is 11.6. The number of hydrogen-bond donors (Lipinski definition) is 1. The SMILES string of the molecule is Cc1cncc(-c2ncc(N)c(C(F)(F)F)n2)c1. The Morgan fingerprint density at radius 3 is 2.50 bits per heavy atom. The molecule has 0 amide bonds. The van der Waals surface area contributed by atoms with E-state index in [9.17, 15) is 13.2 Å². The Hall–Kier alpha value is -2.18. The summed E-state index contributed by atoms with van der Waals surface area (Å²) in [5.74, 6) is -0.0484. The number of anilines is 1. The van der Waals surface area contributed by atoms with Crippen LogP contribution < -0.4 is 5.73 Å². The van der Waals surface area contributed by atoms with Crippen LogP contribution in [0.15, 0.2) is 24.7 Å². The molecule has 18 heavy (non-hydrogen) atoms. The van der Waals surface area contributed by atoms with Gasteiger partial charge in [0.2, 0.25) is 0 Å². The zero-order chi connectivity index (χ0) is 13.3. The highest BCUT2D eigenvalue weighted by atomic mass is 19.4. The van der Waals surface area contributed by atoms with E-state index in [2.05, 4.69) is 15.0 Å². The molecule has 0 aliphatic carbocycles. The lowest BCUT2D eigenvalue weighted by Crippen LogP contribution is -2.13. The van der Waals surface area contributed by atoms with Crippen LogP contribution in [0.3, 0.4) is 0 Å². The highest BCUT2D eigenvalue weighted by Gasteiger charge is 2.35. The van der Waals surface area contributed by atoms with Gasteiger partial charge in [0.15, 0.2) is 11.5 Å². The predicted molar refractivity (Wildman–Crippen MR) is 59.4 cm³/mol. The van der Waals surface area contributed by atoms with Crippen LogP contribution in [-0.2, 0) is 6.18 Å². The maximum Gasteiger partial charge on any atom is 0.435 e. The van der Waals surface area contributed by atoms with Crippen molar-refractivity contribution < 1.29 is 13.2 Å². The minimum atomic E-state index is -4.60. The minimum absolute atomic E-state index is 0.0484. The first-order valence-corrected chi connectivity index (χ1v) is 4.99. The zero-order valence-electron chi connectivity index (χ0n) is 9.36. The Kier molecular flexibility index (Phi) is 2.90. The number of nitrogens with zero attached hydrogens (tertiary/aromatic N) is 3. The molecular formula is C11H9F3N4. The summed E-state index contributed by atoms with van der Waals surface area (Å²) in [5, 5.41) is 0. The molecule has 0 fully saturated rings. The number of nitrogens with two attached hydrogens (primary N) is 1. The second kappa shape index (κ2) is 4.25. The molecule has 0 aliphatic heterocycles. The van der Waals surface area contributed by atoms with Gasteiger partial charge >= 0.3 is 6.18 Å². The maximum absolute atomic E-state index is 12.6. The third kappa shape index (κ3) is 2.39. The van der Waals surface area contributed by atoms with Gasteiger partial charge < -0.3 is 5.73 Å². The van der Waals surface area contributed by atoms with Crippen molar-refractivity contribution in [3.05, 3.63) is 35.9 Å². The van der Waals surface area contributed by atoms with Gasteiger partial charge in [0.1, 0.15) is 0 Å². The van der Waals surface area contributed by atoms with Gasteiger partial charge in [-0.25, -0.2) is 9.97 Å². The molecule has 4 nitrogen and oxygen atoms in total. The lowest BCUT2D eigenvalue weighted by atomic mass is 10.2. The standard InChI is InChI=1S/C11H9F3N4/c1-6-2-7(4-16-3-6)10-17-5-8(15)9(18-10)11(12,13)14/h2-5H,15H2,1H3. The van der Waals surface area contributed by atoms with E-state index in [1.807, 2.05) is 0 Å². The number of halogens is 3. The van der Waals surface area contributed by atoms with Gasteiger partial charge in [0.25, 0.3) is 0 Å². The fraction of sp³-hybridized carbons (Fsp3) is 0.182. The third-order valence-corrected chi connectivity index (χ3v) is 2.22. The van der Waals surface area contributed by atoms with Gasteiger partial charge in [0.05, 0.1) is 11.9 Å². The van der Waals surface area contributed by atoms with Crippen molar-refractivity contribution in [2.24, 2.45) is 0 Å². The van der Waals surface area contributed by atoms with E-state index in [0.717, 1.165) is 11.8 Å². The molecule has 2 aromatic rings. The van der Waals surface area contributed by atoms with Crippen LogP contribution >= 0.6 is 0 Å². The summed E-state index contributed by atoms with van der Waals surface area (Å²) in [6, 6.07) is 1.65. The van der Waals surface area contributed by atoms with Crippen LogP contribution in [0.1, 0.15) is 11.3 Å². The van der Waals surface area contributed by atoms with Crippen LogP contribution in [0.2, 0.25) is 0 Å². The number of nitrogen functional groups attached to an aromatic ring is 1. The Bertz CT molecular complexity index is 581. The Labute approximate surface area is 101 Å². The van der Waals surface area contributed by atoms with Crippen LogP contribution in [0, 0.1) is 6.92 Å². The quantitative estimate of drug-likeness (QED) is 0.848. The Morgan fingerprint density at radius 2 is 1.89 bits per heavy atom. The van der Waals surface area contributed by atoms with Gasteiger partial charge in [-0.1, -0.05) is 0 Å². The van der Waals surface area contributed by atoms with Crippen molar-refractivity contribution in [1.29, 1.82) is 0 Å². The summed E-state index contributed by atoms with van der Waals surface area (Å²) < 4.78 is 37.9. The molecule has 2 N–H and O–H groups in total. The maximum atomic E-state index is 12.6. The van der Waals surface area contributed by atoms with Gasteiger partial charge in [0, 0.05) is 18.0 Å². The van der Waals surface area contributed by atoms with E-state index in [-0.39, 0.29) is 5.82 Å². The second-order valence-electron chi connectivity index (χ2n) is 3.75. The van der Waals surface area contributed by atoms with Crippen molar-refractivity contribution in [2.75, 3.05) is 5.73 Å². The molecular weight excluding hydrogens is 245 g/mol. The number of alkyl halides is 3. The third-order valence-electron chi connectivity index (χ3n) is 2.22. The molecule has 7 heteroatoms. The summed E-state index contributed by atoms with van der Waals surface area (Å²) in [6.07, 6.45) is -0.656. The molecule has 2 aromatic heterocycles. The molecule has 0 bridgehead atoms. The number of rotatable bonds is 1. The first-order valence-electron chi connectivity index (χ1n) is 4.99. The average Bonchev–Trinajstić information content (AvgIpc) is 2.28. The van der Waals surface area contributed by atoms with E-state index in [0.29, 0.717) is 5.56 Å². The Balaban J connectivity index is 2.54. The first-order chi connectivity index (χ1) is 8.38. The van der Waals surface area contributed by atoms with Crippen molar-refractivity contribution in [3.63, 3.8) is 0 Å². The van der Waals surface area contributed by atoms with Gasteiger partial charge in [-0.2, -0.15) is 13.2 Å². The molecule has 2 heterocycles. The molecule has 0 saturated carbocycles. The van der Waals surface area contributed by atoms with E-state index in [1.165, 1.54) is 6.20 Å². The molecule has 0 spiro atoms. The highest BCUT2D eigenvalue weighted by molar-refractivity contribution is 5.57. The first kappa shape index (κ1) is 12.3. The summed E-state index contributed by atoms with van der Waals surface area (Å²) in [5.41, 5.74) is 4.82.